The Morgan fingerprint density at radius 2 is 2.28 bits per heavy atom. The molecular weight excluding hydrogens is 246 g/mol. The molecule has 0 saturated carbocycles. The Morgan fingerprint density at radius 1 is 1.56 bits per heavy atom. The van der Waals surface area contributed by atoms with E-state index < -0.39 is 42.0 Å². The first kappa shape index (κ1) is 12.6. The van der Waals surface area contributed by atoms with Gasteiger partial charge in [-0.3, -0.25) is 14.6 Å². The van der Waals surface area contributed by atoms with E-state index in [1.165, 1.54) is 0 Å². The van der Waals surface area contributed by atoms with Gasteiger partial charge >= 0.3 is 5.69 Å². The Balaban J connectivity index is 2.38. The number of rotatable bonds is 3. The van der Waals surface area contributed by atoms with Crippen molar-refractivity contribution in [3.63, 3.8) is 0 Å². The van der Waals surface area contributed by atoms with Crippen LogP contribution in [0.3, 0.4) is 0 Å². The maximum Gasteiger partial charge on any atom is 0.347 e. The number of carbonyl (C=O) groups excluding carboxylic acids is 1. The molecule has 3 N–H and O–H groups in total. The van der Waals surface area contributed by atoms with Crippen LogP contribution in [0.15, 0.2) is 9.59 Å². The van der Waals surface area contributed by atoms with E-state index in [9.17, 15) is 19.5 Å². The van der Waals surface area contributed by atoms with Crippen LogP contribution in [0.2, 0.25) is 0 Å². The molecule has 1 aliphatic heterocycles. The van der Waals surface area contributed by atoms with Gasteiger partial charge in [-0.25, -0.2) is 4.79 Å². The van der Waals surface area contributed by atoms with Crippen molar-refractivity contribution >= 4 is 6.29 Å². The number of hydrogen-bond acceptors (Lipinski definition) is 7. The number of aldehydes is 1. The van der Waals surface area contributed by atoms with Gasteiger partial charge in [0.25, 0.3) is 5.56 Å². The molecule has 2 heterocycles. The molecule has 0 aromatic carbocycles. The number of aromatic nitrogens is 3. The average Bonchev–Trinajstić information content (AvgIpc) is 2.70. The van der Waals surface area contributed by atoms with Crippen LogP contribution in [0.25, 0.3) is 0 Å². The Bertz CT molecular complexity index is 564. The van der Waals surface area contributed by atoms with Crippen LogP contribution in [-0.2, 0) is 4.74 Å². The first-order valence-electron chi connectivity index (χ1n) is 5.19. The van der Waals surface area contributed by atoms with Gasteiger partial charge in [-0.2, -0.15) is 9.78 Å². The largest absolute Gasteiger partial charge is 0.394 e. The van der Waals surface area contributed by atoms with Crippen molar-refractivity contribution in [2.24, 2.45) is 0 Å². The van der Waals surface area contributed by atoms with E-state index in [-0.39, 0.29) is 12.7 Å². The molecule has 0 spiro atoms. The first-order valence-corrected chi connectivity index (χ1v) is 5.19. The van der Waals surface area contributed by atoms with E-state index in [1.54, 1.807) is 0 Å². The second-order valence-corrected chi connectivity index (χ2v) is 3.82. The molecule has 1 fully saturated rings. The summed E-state index contributed by atoms with van der Waals surface area (Å²) in [5.41, 5.74) is -2.19. The third-order valence-corrected chi connectivity index (χ3v) is 2.65. The third-order valence-electron chi connectivity index (χ3n) is 2.65. The zero-order chi connectivity index (χ0) is 13.3. The maximum atomic E-state index is 11.5. The standard InChI is InChI=1S/C9H11N3O6/c13-2-4-8(16)10-9(17)12(11-4)7-1-5(15)6(3-14)18-7/h2,5-7,14-15H,1,3H2,(H,10,16,17)/t5-,6+,7+/m0/s1. The Morgan fingerprint density at radius 3 is 2.83 bits per heavy atom. The van der Waals surface area contributed by atoms with Crippen LogP contribution < -0.4 is 11.2 Å². The molecule has 0 aliphatic carbocycles. The smallest absolute Gasteiger partial charge is 0.347 e. The van der Waals surface area contributed by atoms with Gasteiger partial charge in [0.1, 0.15) is 6.10 Å². The summed E-state index contributed by atoms with van der Waals surface area (Å²) in [7, 11) is 0. The quantitative estimate of drug-likeness (QED) is 0.505. The molecule has 0 amide bonds. The molecule has 18 heavy (non-hydrogen) atoms. The van der Waals surface area contributed by atoms with Crippen LogP contribution >= 0.6 is 0 Å². The molecule has 1 aromatic rings. The number of nitrogens with one attached hydrogen (secondary N) is 1. The first-order chi connectivity index (χ1) is 8.56. The van der Waals surface area contributed by atoms with Gasteiger partial charge in [0.2, 0.25) is 0 Å². The lowest BCUT2D eigenvalue weighted by molar-refractivity contribution is -0.0507. The van der Waals surface area contributed by atoms with Gasteiger partial charge < -0.3 is 14.9 Å². The zero-order valence-corrected chi connectivity index (χ0v) is 9.15. The second-order valence-electron chi connectivity index (χ2n) is 3.82. The molecule has 1 aliphatic rings. The lowest BCUT2D eigenvalue weighted by Gasteiger charge is -2.12. The number of H-pyrrole nitrogens is 1. The summed E-state index contributed by atoms with van der Waals surface area (Å²) < 4.78 is 5.96. The SMILES string of the molecule is O=Cc1nn([C@H]2C[C@H](O)[C@@H](CO)O2)c(=O)[nH]c1=O. The highest BCUT2D eigenvalue weighted by Crippen LogP contribution is 2.26. The molecule has 9 nitrogen and oxygen atoms in total. The van der Waals surface area contributed by atoms with Gasteiger partial charge in [-0.1, -0.05) is 0 Å². The highest BCUT2D eigenvalue weighted by atomic mass is 16.5. The van der Waals surface area contributed by atoms with E-state index in [0.29, 0.717) is 0 Å². The lowest BCUT2D eigenvalue weighted by Crippen LogP contribution is -2.37. The predicted molar refractivity (Wildman–Crippen MR) is 56.1 cm³/mol. The molecule has 9 heteroatoms. The van der Waals surface area contributed by atoms with Crippen LogP contribution in [-0.4, -0.2) is 50.1 Å². The highest BCUT2D eigenvalue weighted by Gasteiger charge is 2.35. The number of carbonyl (C=O) groups is 1. The number of aliphatic hydroxyl groups is 2. The molecule has 1 aromatic heterocycles. The van der Waals surface area contributed by atoms with E-state index >= 15 is 0 Å². The molecular formula is C9H11N3O6. The van der Waals surface area contributed by atoms with Crippen molar-refractivity contribution in [1.82, 2.24) is 14.8 Å². The summed E-state index contributed by atoms with van der Waals surface area (Å²) >= 11 is 0. The summed E-state index contributed by atoms with van der Waals surface area (Å²) in [4.78, 5) is 35.1. The molecule has 1 saturated heterocycles. The van der Waals surface area contributed by atoms with Gasteiger partial charge in [0, 0.05) is 6.42 Å². The van der Waals surface area contributed by atoms with Crippen molar-refractivity contribution in [1.29, 1.82) is 0 Å². The number of nitrogens with zero attached hydrogens (tertiary/aromatic N) is 2. The Labute approximate surface area is 99.6 Å². The second kappa shape index (κ2) is 4.80. The van der Waals surface area contributed by atoms with Crippen molar-refractivity contribution < 1.29 is 19.7 Å². The maximum absolute atomic E-state index is 11.5. The predicted octanol–water partition coefficient (Wildman–Crippen LogP) is -2.62. The number of hydrogen-bond donors (Lipinski definition) is 3. The van der Waals surface area contributed by atoms with Crippen LogP contribution in [0.5, 0.6) is 0 Å². The third kappa shape index (κ3) is 2.10. The summed E-state index contributed by atoms with van der Waals surface area (Å²) in [6.07, 6.45) is -2.46. The molecule has 98 valence electrons. The Hall–Kier alpha value is -1.84. The fourth-order valence-corrected chi connectivity index (χ4v) is 1.73. The molecule has 0 bridgehead atoms. The van der Waals surface area contributed by atoms with E-state index in [4.69, 9.17) is 9.84 Å². The minimum atomic E-state index is -0.944. The normalized spacial score (nSPS) is 27.3. The van der Waals surface area contributed by atoms with Crippen LogP contribution in [0.1, 0.15) is 23.1 Å². The zero-order valence-electron chi connectivity index (χ0n) is 9.15. The van der Waals surface area contributed by atoms with Crippen LogP contribution in [0.4, 0.5) is 0 Å². The van der Waals surface area contributed by atoms with Crippen molar-refractivity contribution in [2.75, 3.05) is 6.61 Å². The minimum absolute atomic E-state index is 0.0302. The number of aromatic amines is 1. The number of aliphatic hydroxyl groups excluding tert-OH is 2. The van der Waals surface area contributed by atoms with E-state index in [1.807, 2.05) is 4.98 Å². The molecule has 0 radical (unpaired) electrons. The molecule has 0 unspecified atom stereocenters. The fraction of sp³-hybridized carbons (Fsp3) is 0.556. The average molecular weight is 257 g/mol. The van der Waals surface area contributed by atoms with Crippen molar-refractivity contribution in [3.05, 3.63) is 26.5 Å². The minimum Gasteiger partial charge on any atom is -0.394 e. The van der Waals surface area contributed by atoms with Gasteiger partial charge in [-0.15, -0.1) is 0 Å². The van der Waals surface area contributed by atoms with Gasteiger partial charge in [0.05, 0.1) is 12.7 Å². The van der Waals surface area contributed by atoms with Crippen molar-refractivity contribution in [2.45, 2.75) is 24.9 Å². The Kier molecular flexibility index (Phi) is 3.36. The highest BCUT2D eigenvalue weighted by molar-refractivity contribution is 5.70. The lowest BCUT2D eigenvalue weighted by atomic mass is 10.2. The van der Waals surface area contributed by atoms with Crippen LogP contribution in [0, 0.1) is 0 Å². The molecule has 2 rings (SSSR count). The number of ether oxygens (including phenoxy) is 1. The summed E-state index contributed by atoms with van der Waals surface area (Å²) in [6.45, 7) is -0.406. The summed E-state index contributed by atoms with van der Waals surface area (Å²) in [6, 6.07) is 0. The summed E-state index contributed by atoms with van der Waals surface area (Å²) in [5.74, 6) is 0. The fourth-order valence-electron chi connectivity index (χ4n) is 1.73. The van der Waals surface area contributed by atoms with E-state index in [2.05, 4.69) is 5.10 Å². The van der Waals surface area contributed by atoms with Crippen molar-refractivity contribution in [3.8, 4) is 0 Å². The summed E-state index contributed by atoms with van der Waals surface area (Å²) in [5, 5.41) is 22.0. The molecule has 3 atom stereocenters. The van der Waals surface area contributed by atoms with Gasteiger partial charge in [-0.05, 0) is 0 Å². The topological polar surface area (TPSA) is 135 Å². The van der Waals surface area contributed by atoms with E-state index in [0.717, 1.165) is 4.68 Å². The monoisotopic (exact) mass is 257 g/mol. The van der Waals surface area contributed by atoms with Gasteiger partial charge in [0.15, 0.2) is 18.2 Å².